The van der Waals surface area contributed by atoms with Crippen LogP contribution in [0.25, 0.3) is 32.0 Å². The average molecular weight is 511 g/mol. The van der Waals surface area contributed by atoms with Crippen molar-refractivity contribution in [2.75, 3.05) is 43.5 Å². The number of morpholine rings is 1. The summed E-state index contributed by atoms with van der Waals surface area (Å²) in [5, 5.41) is 0. The van der Waals surface area contributed by atoms with Crippen molar-refractivity contribution in [2.24, 2.45) is 0 Å². The molecule has 0 radical (unpaired) electrons. The number of nitrogens with two attached hydrogens (primary N) is 1. The lowest BCUT2D eigenvalue weighted by molar-refractivity contribution is 0.122. The highest BCUT2D eigenvalue weighted by atomic mass is 32.2. The largest absolute Gasteiger partial charge is 0.760 e. The van der Waals surface area contributed by atoms with E-state index in [0.717, 1.165) is 50.7 Å². The van der Waals surface area contributed by atoms with E-state index in [-0.39, 0.29) is 5.95 Å². The van der Waals surface area contributed by atoms with E-state index in [2.05, 4.69) is 38.6 Å². The zero-order chi connectivity index (χ0) is 24.4. The molecule has 182 valence electrons. The van der Waals surface area contributed by atoms with Crippen molar-refractivity contribution >= 4 is 44.6 Å². The second kappa shape index (κ2) is 10.3. The zero-order valence-corrected chi connectivity index (χ0v) is 20.7. The maximum Gasteiger partial charge on any atom is 0.219 e. The molecule has 1 saturated heterocycles. The van der Waals surface area contributed by atoms with Gasteiger partial charge in [-0.3, -0.25) is 4.21 Å². The smallest absolute Gasteiger partial charge is 0.219 e. The van der Waals surface area contributed by atoms with E-state index in [1.54, 1.807) is 23.7 Å². The Morgan fingerprint density at radius 3 is 2.54 bits per heavy atom. The number of nitrogen functional groups attached to an aromatic ring is 1. The highest BCUT2D eigenvalue weighted by Gasteiger charge is 2.23. The van der Waals surface area contributed by atoms with Crippen LogP contribution in [0, 0.1) is 6.92 Å². The van der Waals surface area contributed by atoms with Gasteiger partial charge >= 0.3 is 0 Å². The molecule has 0 amide bonds. The predicted octanol–water partition coefficient (Wildman–Crippen LogP) is 2.47. The third-order valence-electron chi connectivity index (χ3n) is 5.84. The first kappa shape index (κ1) is 23.7. The van der Waals surface area contributed by atoms with Crippen LogP contribution < -0.4 is 15.4 Å². The number of rotatable bonds is 7. The predicted molar refractivity (Wildman–Crippen MR) is 137 cm³/mol. The van der Waals surface area contributed by atoms with Gasteiger partial charge in [0, 0.05) is 48.2 Å². The van der Waals surface area contributed by atoms with Crippen LogP contribution in [-0.2, 0) is 22.4 Å². The number of ether oxygens (including phenoxy) is 1. The van der Waals surface area contributed by atoms with Gasteiger partial charge in [-0.1, -0.05) is 24.3 Å². The second-order valence-corrected chi connectivity index (χ2v) is 9.89. The first-order chi connectivity index (χ1) is 17.0. The Labute approximate surface area is 209 Å². The van der Waals surface area contributed by atoms with Crippen LogP contribution in [0.5, 0.6) is 0 Å². The Morgan fingerprint density at radius 1 is 1.14 bits per heavy atom. The van der Waals surface area contributed by atoms with Gasteiger partial charge in [0.05, 0.1) is 29.0 Å². The topological polar surface area (TPSA) is 142 Å². The van der Waals surface area contributed by atoms with Crippen LogP contribution in [0.15, 0.2) is 36.7 Å². The van der Waals surface area contributed by atoms with E-state index >= 15 is 0 Å². The van der Waals surface area contributed by atoms with Crippen LogP contribution >= 0.6 is 11.3 Å². The molecule has 4 aromatic rings. The minimum atomic E-state index is -2.24. The maximum atomic E-state index is 10.7. The van der Waals surface area contributed by atoms with E-state index in [1.807, 2.05) is 12.1 Å². The van der Waals surface area contributed by atoms with Crippen molar-refractivity contribution in [2.45, 2.75) is 13.3 Å². The number of hydrogen-bond acceptors (Lipinski definition) is 10. The summed E-state index contributed by atoms with van der Waals surface area (Å²) in [6, 6.07) is 8.19. The summed E-state index contributed by atoms with van der Waals surface area (Å²) in [5.41, 5.74) is 10.5. The van der Waals surface area contributed by atoms with Crippen LogP contribution in [-0.4, -0.2) is 61.5 Å². The summed E-state index contributed by atoms with van der Waals surface area (Å²) in [6.07, 6.45) is 3.91. The summed E-state index contributed by atoms with van der Waals surface area (Å²) < 4.78 is 30.3. The van der Waals surface area contributed by atoms with Gasteiger partial charge < -0.3 is 19.9 Å². The molecule has 1 fully saturated rings. The molecule has 10 nitrogen and oxygen atoms in total. The van der Waals surface area contributed by atoms with E-state index in [0.29, 0.717) is 37.6 Å². The van der Waals surface area contributed by atoms with Gasteiger partial charge in [0.25, 0.3) is 0 Å². The van der Waals surface area contributed by atoms with Crippen molar-refractivity contribution in [3.05, 3.63) is 47.8 Å². The van der Waals surface area contributed by atoms with E-state index in [1.165, 1.54) is 0 Å². The normalized spacial score (nSPS) is 15.0. The Bertz CT molecular complexity index is 1350. The molecular formula is C23H24N7O3S2-. The van der Waals surface area contributed by atoms with Crippen molar-refractivity contribution < 1.29 is 13.5 Å². The lowest BCUT2D eigenvalue weighted by Crippen LogP contribution is -2.36. The molecule has 35 heavy (non-hydrogen) atoms. The van der Waals surface area contributed by atoms with Gasteiger partial charge in [-0.05, 0) is 30.0 Å². The zero-order valence-electron chi connectivity index (χ0n) is 19.1. The van der Waals surface area contributed by atoms with E-state index in [4.69, 9.17) is 20.4 Å². The molecular weight excluding hydrogens is 486 g/mol. The van der Waals surface area contributed by atoms with Crippen LogP contribution in [0.1, 0.15) is 11.1 Å². The minimum absolute atomic E-state index is 0.206. The summed E-state index contributed by atoms with van der Waals surface area (Å²) >= 11 is -0.566. The standard InChI is InChI=1S/C23H25N7O3S2/c1-14-18-20(34-19(14)16-4-2-15(3-5-16)6-7-27-35(31)32)22(30-8-10-33-11-9-30)29-21(28-18)17-12-25-23(24)26-13-17/h2-5,12-13,27H,6-11H2,1H3,(H,31,32)(H2,24,25,26)/p-1. The number of benzene rings is 1. The number of aromatic nitrogens is 4. The van der Waals surface area contributed by atoms with Crippen LogP contribution in [0.3, 0.4) is 0 Å². The molecule has 3 N–H and O–H groups in total. The van der Waals surface area contributed by atoms with Crippen LogP contribution in [0.4, 0.5) is 11.8 Å². The number of hydrogen-bond donors (Lipinski definition) is 2. The van der Waals surface area contributed by atoms with Crippen LogP contribution in [0.2, 0.25) is 0 Å². The van der Waals surface area contributed by atoms with Gasteiger partial charge in [0.1, 0.15) is 0 Å². The lowest BCUT2D eigenvalue weighted by Gasteiger charge is -2.28. The highest BCUT2D eigenvalue weighted by Crippen LogP contribution is 2.42. The molecule has 0 aliphatic carbocycles. The van der Waals surface area contributed by atoms with Gasteiger partial charge in [-0.2, -0.15) is 0 Å². The van der Waals surface area contributed by atoms with Crippen molar-refractivity contribution in [1.29, 1.82) is 0 Å². The first-order valence-electron chi connectivity index (χ1n) is 11.1. The third kappa shape index (κ3) is 5.16. The Morgan fingerprint density at radius 2 is 1.86 bits per heavy atom. The van der Waals surface area contributed by atoms with Crippen molar-refractivity contribution in [3.63, 3.8) is 0 Å². The molecule has 1 aliphatic heterocycles. The van der Waals surface area contributed by atoms with Crippen molar-refractivity contribution in [1.82, 2.24) is 24.7 Å². The molecule has 0 spiro atoms. The fourth-order valence-corrected chi connectivity index (χ4v) is 5.56. The Balaban J connectivity index is 1.55. The summed E-state index contributed by atoms with van der Waals surface area (Å²) in [7, 11) is 0. The Hall–Kier alpha value is -3.03. The molecule has 12 heteroatoms. The summed E-state index contributed by atoms with van der Waals surface area (Å²) in [6.45, 7) is 5.26. The van der Waals surface area contributed by atoms with E-state index in [9.17, 15) is 8.76 Å². The maximum absolute atomic E-state index is 10.7. The van der Waals surface area contributed by atoms with E-state index < -0.39 is 11.3 Å². The summed E-state index contributed by atoms with van der Waals surface area (Å²) in [4.78, 5) is 21.4. The van der Waals surface area contributed by atoms with Crippen molar-refractivity contribution in [3.8, 4) is 21.8 Å². The summed E-state index contributed by atoms with van der Waals surface area (Å²) in [5.74, 6) is 1.65. The monoisotopic (exact) mass is 510 g/mol. The van der Waals surface area contributed by atoms with Gasteiger partial charge in [0.2, 0.25) is 5.95 Å². The third-order valence-corrected chi connectivity index (χ3v) is 7.60. The molecule has 4 heterocycles. The highest BCUT2D eigenvalue weighted by molar-refractivity contribution is 7.77. The molecule has 1 aliphatic rings. The number of anilines is 2. The number of thiophene rings is 1. The van der Waals surface area contributed by atoms with Gasteiger partial charge in [-0.15, -0.1) is 11.3 Å². The number of fused-ring (bicyclic) bond motifs is 1. The average Bonchev–Trinajstić information content (AvgIpc) is 3.21. The number of nitrogens with one attached hydrogen (secondary N) is 1. The molecule has 3 aromatic heterocycles. The fraction of sp³-hybridized carbons (Fsp3) is 0.304. The molecule has 1 atom stereocenters. The second-order valence-electron chi connectivity index (χ2n) is 8.11. The lowest BCUT2D eigenvalue weighted by atomic mass is 10.1. The fourth-order valence-electron chi connectivity index (χ4n) is 4.02. The molecule has 0 saturated carbocycles. The number of nitrogens with zero attached hydrogens (tertiary/aromatic N) is 5. The van der Waals surface area contributed by atoms with Gasteiger partial charge in [0.15, 0.2) is 11.6 Å². The SMILES string of the molecule is Cc1c(-c2ccc(CCNS(=O)[O-])cc2)sc2c(N3CCOCC3)nc(-c3cnc(N)nc3)nc12. The molecule has 1 aromatic carbocycles. The Kier molecular flexibility index (Phi) is 6.97. The molecule has 1 unspecified atom stereocenters. The first-order valence-corrected chi connectivity index (χ1v) is 13.0. The molecule has 5 rings (SSSR count). The minimum Gasteiger partial charge on any atom is -0.760 e. The van der Waals surface area contributed by atoms with Gasteiger partial charge in [-0.25, -0.2) is 24.7 Å². The molecule has 0 bridgehead atoms. The quantitative estimate of drug-likeness (QED) is 0.358. The number of aryl methyl sites for hydroxylation is 1.